The number of esters is 1. The van der Waals surface area contributed by atoms with E-state index in [9.17, 15) is 9.59 Å². The maximum Gasteiger partial charge on any atom is 0.306 e. The molecule has 6 nitrogen and oxygen atoms in total. The summed E-state index contributed by atoms with van der Waals surface area (Å²) >= 11 is 0. The number of aromatic nitrogens is 1. The minimum Gasteiger partial charge on any atom is -0.456 e. The number of para-hydroxylation sites is 1. The molecule has 0 aliphatic rings. The Morgan fingerprint density at radius 2 is 1.64 bits per heavy atom. The number of carbonyl (C=O) groups excluding carboxylic acids is 2. The van der Waals surface area contributed by atoms with Gasteiger partial charge in [-0.05, 0) is 18.6 Å². The lowest BCUT2D eigenvalue weighted by atomic mass is 10.0. The molecule has 0 bridgehead atoms. The van der Waals surface area contributed by atoms with Crippen LogP contribution in [0, 0.1) is 6.92 Å². The average molecular weight is 440 g/mol. The van der Waals surface area contributed by atoms with Gasteiger partial charge in [0.05, 0.1) is 12.6 Å². The van der Waals surface area contributed by atoms with Gasteiger partial charge in [-0.25, -0.2) is 4.98 Å². The fourth-order valence-corrected chi connectivity index (χ4v) is 3.35. The first kappa shape index (κ1) is 22.0. The zero-order chi connectivity index (χ0) is 23.0. The minimum absolute atomic E-state index is 0.0712. The summed E-state index contributed by atoms with van der Waals surface area (Å²) in [6.07, 6.45) is 2.01. The van der Waals surface area contributed by atoms with Crippen LogP contribution < -0.4 is 5.32 Å². The number of rotatable bonds is 8. The summed E-state index contributed by atoms with van der Waals surface area (Å²) in [5.41, 5.74) is 4.63. The Morgan fingerprint density at radius 3 is 2.42 bits per heavy atom. The molecule has 166 valence electrons. The van der Waals surface area contributed by atoms with Gasteiger partial charge in [0.15, 0.2) is 18.3 Å². The van der Waals surface area contributed by atoms with Crippen LogP contribution in [-0.4, -0.2) is 23.5 Å². The molecule has 0 aliphatic heterocycles. The first-order valence-electron chi connectivity index (χ1n) is 10.7. The van der Waals surface area contributed by atoms with Crippen molar-refractivity contribution in [1.29, 1.82) is 0 Å². The molecule has 0 unspecified atom stereocenters. The van der Waals surface area contributed by atoms with E-state index in [0.717, 1.165) is 22.3 Å². The molecule has 1 aromatic heterocycles. The predicted octanol–water partition coefficient (Wildman–Crippen LogP) is 5.43. The Hall–Kier alpha value is -4.19. The van der Waals surface area contributed by atoms with Crippen molar-refractivity contribution in [2.75, 3.05) is 11.9 Å². The van der Waals surface area contributed by atoms with Gasteiger partial charge in [0.1, 0.15) is 0 Å². The van der Waals surface area contributed by atoms with Gasteiger partial charge in [-0.2, -0.15) is 0 Å². The largest absolute Gasteiger partial charge is 0.456 e. The fourth-order valence-electron chi connectivity index (χ4n) is 3.35. The molecule has 0 saturated heterocycles. The highest BCUT2D eigenvalue weighted by Gasteiger charge is 2.13. The Labute approximate surface area is 192 Å². The summed E-state index contributed by atoms with van der Waals surface area (Å²) < 4.78 is 10.8. The van der Waals surface area contributed by atoms with Gasteiger partial charge < -0.3 is 14.5 Å². The molecule has 0 atom stereocenters. The van der Waals surface area contributed by atoms with Crippen LogP contribution in [0.3, 0.4) is 0 Å². The Bertz CT molecular complexity index is 1230. The Kier molecular flexibility index (Phi) is 6.95. The van der Waals surface area contributed by atoms with E-state index in [1.54, 1.807) is 6.20 Å². The van der Waals surface area contributed by atoms with Crippen LogP contribution in [0.15, 0.2) is 89.5 Å². The van der Waals surface area contributed by atoms with Gasteiger partial charge in [0.2, 0.25) is 0 Å². The van der Waals surface area contributed by atoms with Crippen molar-refractivity contribution in [1.82, 2.24) is 4.98 Å². The van der Waals surface area contributed by atoms with Crippen molar-refractivity contribution in [2.24, 2.45) is 0 Å². The summed E-state index contributed by atoms with van der Waals surface area (Å²) in [4.78, 5) is 28.7. The summed E-state index contributed by atoms with van der Waals surface area (Å²) in [7, 11) is 0. The molecule has 4 aromatic rings. The lowest BCUT2D eigenvalue weighted by Gasteiger charge is -2.11. The lowest BCUT2D eigenvalue weighted by Crippen LogP contribution is -2.21. The quantitative estimate of drug-likeness (QED) is 0.370. The SMILES string of the molecule is Cc1ccc(-c2cnc(CCC(=O)OCC(=O)Nc3ccccc3-c3ccccc3)o2)cc1. The molecule has 4 rings (SSSR count). The highest BCUT2D eigenvalue weighted by atomic mass is 16.5. The molecule has 0 radical (unpaired) electrons. The van der Waals surface area contributed by atoms with E-state index in [4.69, 9.17) is 9.15 Å². The number of ether oxygens (including phenoxy) is 1. The molecule has 33 heavy (non-hydrogen) atoms. The maximum atomic E-state index is 12.3. The highest BCUT2D eigenvalue weighted by molar-refractivity contribution is 5.96. The number of benzene rings is 3. The lowest BCUT2D eigenvalue weighted by molar-refractivity contribution is -0.147. The smallest absolute Gasteiger partial charge is 0.306 e. The topological polar surface area (TPSA) is 81.4 Å². The van der Waals surface area contributed by atoms with Crippen LogP contribution in [0.4, 0.5) is 5.69 Å². The van der Waals surface area contributed by atoms with Crippen molar-refractivity contribution in [2.45, 2.75) is 19.8 Å². The van der Waals surface area contributed by atoms with Crippen molar-refractivity contribution >= 4 is 17.6 Å². The molecule has 1 heterocycles. The van der Waals surface area contributed by atoms with Crippen LogP contribution >= 0.6 is 0 Å². The number of hydrogen-bond acceptors (Lipinski definition) is 5. The number of carbonyl (C=O) groups is 2. The normalized spacial score (nSPS) is 10.6. The molecular formula is C27H24N2O4. The van der Waals surface area contributed by atoms with E-state index in [-0.39, 0.29) is 13.0 Å². The van der Waals surface area contributed by atoms with Crippen LogP contribution in [0.5, 0.6) is 0 Å². The van der Waals surface area contributed by atoms with Gasteiger partial charge in [-0.15, -0.1) is 0 Å². The second kappa shape index (κ2) is 10.4. The molecule has 0 spiro atoms. The van der Waals surface area contributed by atoms with E-state index in [1.165, 1.54) is 0 Å². The summed E-state index contributed by atoms with van der Waals surface area (Å²) in [5.74, 6) is 0.208. The van der Waals surface area contributed by atoms with Crippen LogP contribution in [0.1, 0.15) is 17.9 Å². The number of nitrogens with one attached hydrogen (secondary N) is 1. The Morgan fingerprint density at radius 1 is 0.909 bits per heavy atom. The molecule has 1 N–H and O–H groups in total. The maximum absolute atomic E-state index is 12.3. The van der Waals surface area contributed by atoms with Gasteiger partial charge in [-0.3, -0.25) is 9.59 Å². The van der Waals surface area contributed by atoms with E-state index in [1.807, 2.05) is 85.8 Å². The van der Waals surface area contributed by atoms with E-state index < -0.39 is 11.9 Å². The fraction of sp³-hybridized carbons (Fsp3) is 0.148. The standard InChI is InChI=1S/C27H24N2O4/c1-19-11-13-21(14-12-19)24-17-28-26(33-24)15-16-27(31)32-18-25(30)29-23-10-6-5-9-22(23)20-7-3-2-4-8-20/h2-14,17H,15-16,18H2,1H3,(H,29,30). The number of oxazole rings is 1. The molecule has 1 amide bonds. The van der Waals surface area contributed by atoms with Crippen LogP contribution in [0.2, 0.25) is 0 Å². The number of aryl methyl sites for hydroxylation is 2. The predicted molar refractivity (Wildman–Crippen MR) is 126 cm³/mol. The highest BCUT2D eigenvalue weighted by Crippen LogP contribution is 2.27. The summed E-state index contributed by atoms with van der Waals surface area (Å²) in [6.45, 7) is 1.66. The Balaban J connectivity index is 1.26. The molecule has 0 fully saturated rings. The van der Waals surface area contributed by atoms with Crippen LogP contribution in [0.25, 0.3) is 22.5 Å². The third-order valence-electron chi connectivity index (χ3n) is 5.08. The zero-order valence-electron chi connectivity index (χ0n) is 18.3. The number of amides is 1. The second-order valence-corrected chi connectivity index (χ2v) is 7.60. The third kappa shape index (κ3) is 5.95. The van der Waals surface area contributed by atoms with Crippen LogP contribution in [-0.2, 0) is 20.7 Å². The third-order valence-corrected chi connectivity index (χ3v) is 5.08. The van der Waals surface area contributed by atoms with Gasteiger partial charge in [0, 0.05) is 23.2 Å². The monoisotopic (exact) mass is 440 g/mol. The van der Waals surface area contributed by atoms with Crippen molar-refractivity contribution in [3.05, 3.63) is 96.5 Å². The molecule has 3 aromatic carbocycles. The second-order valence-electron chi connectivity index (χ2n) is 7.60. The first-order valence-corrected chi connectivity index (χ1v) is 10.7. The number of nitrogens with zero attached hydrogens (tertiary/aromatic N) is 1. The number of hydrogen-bond donors (Lipinski definition) is 1. The summed E-state index contributed by atoms with van der Waals surface area (Å²) in [6, 6.07) is 25.2. The van der Waals surface area contributed by atoms with E-state index in [0.29, 0.717) is 23.8 Å². The van der Waals surface area contributed by atoms with Gasteiger partial charge in [-0.1, -0.05) is 78.4 Å². The minimum atomic E-state index is -0.489. The molecule has 6 heteroatoms. The molecule has 0 aliphatic carbocycles. The van der Waals surface area contributed by atoms with Crippen molar-refractivity contribution < 1.29 is 18.7 Å². The first-order chi connectivity index (χ1) is 16.1. The zero-order valence-corrected chi connectivity index (χ0v) is 18.3. The molecule has 0 saturated carbocycles. The van der Waals surface area contributed by atoms with E-state index >= 15 is 0 Å². The summed E-state index contributed by atoms with van der Waals surface area (Å²) in [5, 5.41) is 2.82. The van der Waals surface area contributed by atoms with Gasteiger partial charge in [0.25, 0.3) is 5.91 Å². The van der Waals surface area contributed by atoms with Gasteiger partial charge >= 0.3 is 5.97 Å². The average Bonchev–Trinajstić information content (AvgIpc) is 3.32. The molecular weight excluding hydrogens is 416 g/mol. The van der Waals surface area contributed by atoms with E-state index in [2.05, 4.69) is 10.3 Å². The number of anilines is 1. The van der Waals surface area contributed by atoms with Crippen molar-refractivity contribution in [3.8, 4) is 22.5 Å². The van der Waals surface area contributed by atoms with Crippen molar-refractivity contribution in [3.63, 3.8) is 0 Å².